The molecule has 0 amide bonds. The fraction of sp³-hybridized carbons (Fsp3) is 0.733. The molecule has 0 aromatic carbocycles. The van der Waals surface area contributed by atoms with Gasteiger partial charge in [-0.1, -0.05) is 27.7 Å². The molecule has 0 aliphatic rings. The van der Waals surface area contributed by atoms with Gasteiger partial charge in [0.05, 0.1) is 0 Å². The summed E-state index contributed by atoms with van der Waals surface area (Å²) in [4.78, 5) is 8.92. The van der Waals surface area contributed by atoms with Crippen molar-refractivity contribution in [3.05, 3.63) is 23.8 Å². The Morgan fingerprint density at radius 3 is 2.21 bits per heavy atom. The van der Waals surface area contributed by atoms with Gasteiger partial charge in [-0.05, 0) is 30.7 Å². The minimum Gasteiger partial charge on any atom is -0.370 e. The molecule has 4 nitrogen and oxygen atoms in total. The zero-order valence-corrected chi connectivity index (χ0v) is 12.8. The first kappa shape index (κ1) is 16.1. The fourth-order valence-corrected chi connectivity index (χ4v) is 1.93. The van der Waals surface area contributed by atoms with Crippen LogP contribution in [-0.2, 0) is 11.2 Å². The Morgan fingerprint density at radius 1 is 1.21 bits per heavy atom. The van der Waals surface area contributed by atoms with Gasteiger partial charge in [0.25, 0.3) is 0 Å². The van der Waals surface area contributed by atoms with Gasteiger partial charge in [0, 0.05) is 25.0 Å². The van der Waals surface area contributed by atoms with Crippen LogP contribution in [0.25, 0.3) is 0 Å². The smallest absolute Gasteiger partial charge is 0.157 e. The molecule has 2 atom stereocenters. The summed E-state index contributed by atoms with van der Waals surface area (Å²) in [7, 11) is 0. The van der Waals surface area contributed by atoms with Gasteiger partial charge in [-0.15, -0.1) is 0 Å². The van der Waals surface area contributed by atoms with Crippen molar-refractivity contribution in [1.29, 1.82) is 0 Å². The maximum atomic E-state index is 5.94. The predicted molar refractivity (Wildman–Crippen MR) is 77.8 cm³/mol. The first-order chi connectivity index (χ1) is 8.88. The van der Waals surface area contributed by atoms with Crippen LogP contribution in [0.4, 0.5) is 0 Å². The fourth-order valence-electron chi connectivity index (χ4n) is 1.93. The van der Waals surface area contributed by atoms with E-state index in [0.29, 0.717) is 6.61 Å². The van der Waals surface area contributed by atoms with Crippen molar-refractivity contribution in [3.63, 3.8) is 0 Å². The standard InChI is InChI=1S/C15H27N3O/c1-6-12(16)8-11-9-17-14(18-10-11)13(19-7-2)15(3,4)5/h9-10,12-13H,6-8,16H2,1-5H3. The largest absolute Gasteiger partial charge is 0.370 e. The summed E-state index contributed by atoms with van der Waals surface area (Å²) in [6.45, 7) is 11.2. The minimum absolute atomic E-state index is 0.0165. The summed E-state index contributed by atoms with van der Waals surface area (Å²) in [6.07, 6.45) is 5.45. The lowest BCUT2D eigenvalue weighted by Gasteiger charge is -2.29. The third-order valence-corrected chi connectivity index (χ3v) is 3.10. The maximum Gasteiger partial charge on any atom is 0.157 e. The molecule has 0 bridgehead atoms. The number of nitrogens with zero attached hydrogens (tertiary/aromatic N) is 2. The SMILES string of the molecule is CCOC(c1ncc(CC(N)CC)cn1)C(C)(C)C. The monoisotopic (exact) mass is 265 g/mol. The van der Waals surface area contributed by atoms with Crippen molar-refractivity contribution in [2.75, 3.05) is 6.61 Å². The molecule has 0 saturated carbocycles. The number of nitrogens with two attached hydrogens (primary N) is 1. The second-order valence-electron chi connectivity index (χ2n) is 6.02. The number of rotatable bonds is 6. The van der Waals surface area contributed by atoms with E-state index >= 15 is 0 Å². The molecule has 1 aromatic heterocycles. The number of hydrogen-bond donors (Lipinski definition) is 1. The van der Waals surface area contributed by atoms with Gasteiger partial charge in [-0.2, -0.15) is 0 Å². The molecule has 2 N–H and O–H groups in total. The number of aromatic nitrogens is 2. The highest BCUT2D eigenvalue weighted by Crippen LogP contribution is 2.33. The lowest BCUT2D eigenvalue weighted by molar-refractivity contribution is -0.0191. The molecule has 0 radical (unpaired) electrons. The average molecular weight is 265 g/mol. The molecule has 1 rings (SSSR count). The van der Waals surface area contributed by atoms with E-state index in [-0.39, 0.29) is 17.6 Å². The quantitative estimate of drug-likeness (QED) is 0.859. The van der Waals surface area contributed by atoms with Crippen LogP contribution in [0.1, 0.15) is 58.5 Å². The normalized spacial score (nSPS) is 15.3. The van der Waals surface area contributed by atoms with Crippen molar-refractivity contribution in [3.8, 4) is 0 Å². The Kier molecular flexibility index (Phi) is 5.88. The van der Waals surface area contributed by atoms with E-state index in [1.165, 1.54) is 0 Å². The molecule has 0 saturated heterocycles. The van der Waals surface area contributed by atoms with Gasteiger partial charge in [0.2, 0.25) is 0 Å². The van der Waals surface area contributed by atoms with Gasteiger partial charge < -0.3 is 10.5 Å². The van der Waals surface area contributed by atoms with Crippen LogP contribution in [0.5, 0.6) is 0 Å². The zero-order valence-electron chi connectivity index (χ0n) is 12.8. The molecule has 0 fully saturated rings. The second-order valence-corrected chi connectivity index (χ2v) is 6.02. The third kappa shape index (κ3) is 4.88. The molecule has 4 heteroatoms. The summed E-state index contributed by atoms with van der Waals surface area (Å²) in [6, 6.07) is 0.180. The van der Waals surface area contributed by atoms with Gasteiger partial charge >= 0.3 is 0 Å². The van der Waals surface area contributed by atoms with E-state index in [4.69, 9.17) is 10.5 Å². The van der Waals surface area contributed by atoms with E-state index in [0.717, 1.165) is 24.2 Å². The van der Waals surface area contributed by atoms with Gasteiger partial charge in [-0.25, -0.2) is 9.97 Å². The topological polar surface area (TPSA) is 61.0 Å². The van der Waals surface area contributed by atoms with Gasteiger partial charge in [-0.3, -0.25) is 0 Å². The first-order valence-electron chi connectivity index (χ1n) is 7.06. The minimum atomic E-state index is -0.0774. The van der Waals surface area contributed by atoms with Crippen LogP contribution in [0.15, 0.2) is 12.4 Å². The Bertz CT molecular complexity index is 370. The Labute approximate surface area is 116 Å². The van der Waals surface area contributed by atoms with E-state index in [2.05, 4.69) is 37.7 Å². The summed E-state index contributed by atoms with van der Waals surface area (Å²) < 4.78 is 5.78. The van der Waals surface area contributed by atoms with Gasteiger partial charge in [0.15, 0.2) is 5.82 Å². The molecule has 19 heavy (non-hydrogen) atoms. The van der Waals surface area contributed by atoms with Crippen molar-refractivity contribution < 1.29 is 4.74 Å². The first-order valence-corrected chi connectivity index (χ1v) is 7.06. The van der Waals surface area contributed by atoms with E-state index in [1.54, 1.807) is 0 Å². The van der Waals surface area contributed by atoms with Crippen LogP contribution >= 0.6 is 0 Å². The highest BCUT2D eigenvalue weighted by Gasteiger charge is 2.29. The molecule has 108 valence electrons. The van der Waals surface area contributed by atoms with Crippen LogP contribution in [0, 0.1) is 5.41 Å². The Hall–Kier alpha value is -1.00. The summed E-state index contributed by atoms with van der Waals surface area (Å²) in [5.74, 6) is 0.753. The molecule has 1 heterocycles. The lowest BCUT2D eigenvalue weighted by atomic mass is 9.88. The molecule has 2 unspecified atom stereocenters. The van der Waals surface area contributed by atoms with Crippen molar-refractivity contribution in [2.24, 2.45) is 11.1 Å². The molecular weight excluding hydrogens is 238 g/mol. The third-order valence-electron chi connectivity index (χ3n) is 3.10. The highest BCUT2D eigenvalue weighted by molar-refractivity contribution is 5.09. The van der Waals surface area contributed by atoms with E-state index < -0.39 is 0 Å². The zero-order chi connectivity index (χ0) is 14.5. The number of hydrogen-bond acceptors (Lipinski definition) is 4. The van der Waals surface area contributed by atoms with E-state index in [9.17, 15) is 0 Å². The highest BCUT2D eigenvalue weighted by atomic mass is 16.5. The average Bonchev–Trinajstić information content (AvgIpc) is 2.35. The van der Waals surface area contributed by atoms with Crippen molar-refractivity contribution in [1.82, 2.24) is 9.97 Å². The molecule has 0 aliphatic heterocycles. The summed E-state index contributed by atoms with van der Waals surface area (Å²) in [5.41, 5.74) is 7.01. The molecule has 0 aliphatic carbocycles. The lowest BCUT2D eigenvalue weighted by Crippen LogP contribution is -2.24. The summed E-state index contributed by atoms with van der Waals surface area (Å²) >= 11 is 0. The maximum absolute atomic E-state index is 5.94. The summed E-state index contributed by atoms with van der Waals surface area (Å²) in [5, 5.41) is 0. The van der Waals surface area contributed by atoms with Crippen LogP contribution in [-0.4, -0.2) is 22.6 Å². The van der Waals surface area contributed by atoms with Crippen LogP contribution in [0.3, 0.4) is 0 Å². The molecular formula is C15H27N3O. The Morgan fingerprint density at radius 2 is 1.79 bits per heavy atom. The Balaban J connectivity index is 2.83. The van der Waals surface area contributed by atoms with E-state index in [1.807, 2.05) is 19.3 Å². The van der Waals surface area contributed by atoms with Gasteiger partial charge in [0.1, 0.15) is 6.10 Å². The van der Waals surface area contributed by atoms with Crippen LogP contribution < -0.4 is 5.73 Å². The molecule has 1 aromatic rings. The van der Waals surface area contributed by atoms with Crippen molar-refractivity contribution >= 4 is 0 Å². The molecule has 0 spiro atoms. The van der Waals surface area contributed by atoms with Crippen molar-refractivity contribution in [2.45, 2.75) is 59.6 Å². The van der Waals surface area contributed by atoms with Crippen LogP contribution in [0.2, 0.25) is 0 Å². The predicted octanol–water partition coefficient (Wildman–Crippen LogP) is 2.88. The number of ether oxygens (including phenoxy) is 1. The second kappa shape index (κ2) is 6.96.